The van der Waals surface area contributed by atoms with Crippen molar-refractivity contribution in [3.63, 3.8) is 0 Å². The van der Waals surface area contributed by atoms with Gasteiger partial charge in [0.25, 0.3) is 0 Å². The molecule has 17 heavy (non-hydrogen) atoms. The van der Waals surface area contributed by atoms with Gasteiger partial charge in [-0.25, -0.2) is 0 Å². The van der Waals surface area contributed by atoms with Gasteiger partial charge in [-0.3, -0.25) is 4.79 Å². The van der Waals surface area contributed by atoms with Crippen LogP contribution in [-0.4, -0.2) is 40.9 Å². The predicted octanol–water partition coefficient (Wildman–Crippen LogP) is 1.90. The topological polar surface area (TPSA) is 46.3 Å². The molecule has 0 radical (unpaired) electrons. The Bertz CT molecular complexity index is 314. The van der Waals surface area contributed by atoms with Crippen LogP contribution in [0.3, 0.4) is 0 Å². The average Bonchev–Trinajstić information content (AvgIpc) is 2.22. The van der Waals surface area contributed by atoms with E-state index in [1.165, 1.54) is 0 Å². The molecule has 0 bridgehead atoms. The molecular formula is C12H22N2OS2. The Hall–Kier alpha value is -0.290. The molecule has 0 aromatic rings. The summed E-state index contributed by atoms with van der Waals surface area (Å²) in [4.78, 5) is 14.7. The van der Waals surface area contributed by atoms with Crippen molar-refractivity contribution in [2.45, 2.75) is 32.7 Å². The zero-order valence-corrected chi connectivity index (χ0v) is 12.7. The minimum Gasteiger partial charge on any atom is -0.392 e. The van der Waals surface area contributed by atoms with E-state index in [0.29, 0.717) is 10.9 Å². The summed E-state index contributed by atoms with van der Waals surface area (Å²) in [5.41, 5.74) is 5.23. The number of thiocarbonyl (C=S) groups is 1. The molecule has 0 aromatic carbocycles. The Kier molecular flexibility index (Phi) is 4.84. The molecule has 1 amide bonds. The first kappa shape index (κ1) is 14.8. The third-order valence-corrected chi connectivity index (χ3v) is 4.87. The fraction of sp³-hybridized carbons (Fsp3) is 0.833. The number of carbonyl (C=O) groups excluding carboxylic acids is 1. The maximum absolute atomic E-state index is 12.5. The monoisotopic (exact) mass is 274 g/mol. The molecule has 5 heteroatoms. The number of rotatable bonds is 5. The lowest BCUT2D eigenvalue weighted by Gasteiger charge is -2.47. The molecule has 1 aliphatic rings. The van der Waals surface area contributed by atoms with E-state index in [2.05, 4.69) is 13.8 Å². The zero-order valence-electron chi connectivity index (χ0n) is 11.0. The zero-order chi connectivity index (χ0) is 13.2. The second-order valence-corrected chi connectivity index (χ2v) is 6.53. The number of nitrogens with two attached hydrogens (primary N) is 1. The largest absolute Gasteiger partial charge is 0.392 e. The number of hydrogen-bond acceptors (Lipinski definition) is 3. The molecule has 1 atom stereocenters. The standard InChI is InChI=1S/C12H22N2OS2/c1-8-5-12(6-8,10(13)16)11(15)14(3)9(2)7-17-4/h8-9H,5-7H2,1-4H3,(H2,13,16). The average molecular weight is 274 g/mol. The van der Waals surface area contributed by atoms with Gasteiger partial charge in [0.2, 0.25) is 5.91 Å². The first-order chi connectivity index (χ1) is 7.85. The van der Waals surface area contributed by atoms with E-state index in [-0.39, 0.29) is 11.9 Å². The van der Waals surface area contributed by atoms with Crippen molar-refractivity contribution in [1.82, 2.24) is 4.90 Å². The maximum atomic E-state index is 12.5. The SMILES string of the molecule is CSCC(C)N(C)C(=O)C1(C(N)=S)CC(C)C1. The molecule has 98 valence electrons. The summed E-state index contributed by atoms with van der Waals surface area (Å²) in [7, 11) is 1.85. The summed E-state index contributed by atoms with van der Waals surface area (Å²) in [5.74, 6) is 1.58. The van der Waals surface area contributed by atoms with E-state index in [0.717, 1.165) is 18.6 Å². The summed E-state index contributed by atoms with van der Waals surface area (Å²) >= 11 is 6.85. The Morgan fingerprint density at radius 1 is 1.65 bits per heavy atom. The third kappa shape index (κ3) is 2.76. The normalized spacial score (nSPS) is 29.3. The van der Waals surface area contributed by atoms with Crippen molar-refractivity contribution < 1.29 is 4.79 Å². The lowest BCUT2D eigenvalue weighted by atomic mass is 9.61. The van der Waals surface area contributed by atoms with E-state index in [9.17, 15) is 4.79 Å². The highest BCUT2D eigenvalue weighted by Gasteiger charge is 2.52. The molecule has 0 aromatic heterocycles. The van der Waals surface area contributed by atoms with E-state index >= 15 is 0 Å². The van der Waals surface area contributed by atoms with Crippen molar-refractivity contribution in [3.8, 4) is 0 Å². The summed E-state index contributed by atoms with van der Waals surface area (Å²) in [6.07, 6.45) is 3.65. The molecule has 0 spiro atoms. The van der Waals surface area contributed by atoms with Gasteiger partial charge in [-0.2, -0.15) is 11.8 Å². The minimum absolute atomic E-state index is 0.102. The van der Waals surface area contributed by atoms with Crippen LogP contribution in [0, 0.1) is 11.3 Å². The van der Waals surface area contributed by atoms with Crippen LogP contribution in [0.1, 0.15) is 26.7 Å². The summed E-state index contributed by atoms with van der Waals surface area (Å²) in [5, 5.41) is 0. The molecule has 1 unspecified atom stereocenters. The third-order valence-electron chi connectivity index (χ3n) is 3.66. The fourth-order valence-electron chi connectivity index (χ4n) is 2.50. The number of nitrogens with zero attached hydrogens (tertiary/aromatic N) is 1. The number of carbonyl (C=O) groups is 1. The molecule has 0 aliphatic heterocycles. The van der Waals surface area contributed by atoms with Crippen molar-refractivity contribution >= 4 is 34.9 Å². The predicted molar refractivity (Wildman–Crippen MR) is 78.2 cm³/mol. The van der Waals surface area contributed by atoms with Gasteiger partial charge in [-0.1, -0.05) is 19.1 Å². The van der Waals surface area contributed by atoms with Crippen LogP contribution in [0.5, 0.6) is 0 Å². The van der Waals surface area contributed by atoms with Gasteiger partial charge in [-0.15, -0.1) is 0 Å². The molecular weight excluding hydrogens is 252 g/mol. The minimum atomic E-state index is -0.559. The van der Waals surface area contributed by atoms with E-state index < -0.39 is 5.41 Å². The maximum Gasteiger partial charge on any atom is 0.235 e. The molecule has 1 rings (SSSR count). The molecule has 1 saturated carbocycles. The van der Waals surface area contributed by atoms with Crippen molar-refractivity contribution in [2.75, 3.05) is 19.1 Å². The first-order valence-corrected chi connectivity index (χ1v) is 7.71. The lowest BCUT2D eigenvalue weighted by molar-refractivity contribution is -0.144. The van der Waals surface area contributed by atoms with Crippen molar-refractivity contribution in [3.05, 3.63) is 0 Å². The van der Waals surface area contributed by atoms with Gasteiger partial charge in [0.05, 0.1) is 10.4 Å². The van der Waals surface area contributed by atoms with Gasteiger partial charge >= 0.3 is 0 Å². The quantitative estimate of drug-likeness (QED) is 0.778. The summed E-state index contributed by atoms with van der Waals surface area (Å²) < 4.78 is 0. The number of hydrogen-bond donors (Lipinski definition) is 1. The lowest BCUT2D eigenvalue weighted by Crippen LogP contribution is -2.57. The Balaban J connectivity index is 2.76. The molecule has 0 saturated heterocycles. The molecule has 1 fully saturated rings. The van der Waals surface area contributed by atoms with Crippen molar-refractivity contribution in [2.24, 2.45) is 17.1 Å². The first-order valence-electron chi connectivity index (χ1n) is 5.91. The van der Waals surface area contributed by atoms with Gasteiger partial charge in [0.15, 0.2) is 0 Å². The molecule has 3 nitrogen and oxygen atoms in total. The fourth-order valence-corrected chi connectivity index (χ4v) is 3.46. The highest BCUT2D eigenvalue weighted by Crippen LogP contribution is 2.47. The van der Waals surface area contributed by atoms with Gasteiger partial charge in [0, 0.05) is 18.8 Å². The summed E-state index contributed by atoms with van der Waals surface area (Å²) in [6.45, 7) is 4.19. The Morgan fingerprint density at radius 2 is 2.18 bits per heavy atom. The van der Waals surface area contributed by atoms with E-state index in [1.807, 2.05) is 18.2 Å². The van der Waals surface area contributed by atoms with Gasteiger partial charge in [-0.05, 0) is 31.9 Å². The molecule has 1 aliphatic carbocycles. The smallest absolute Gasteiger partial charge is 0.235 e. The summed E-state index contributed by atoms with van der Waals surface area (Å²) in [6, 6.07) is 0.222. The Morgan fingerprint density at radius 3 is 2.53 bits per heavy atom. The van der Waals surface area contributed by atoms with Gasteiger partial charge in [0.1, 0.15) is 0 Å². The second kappa shape index (κ2) is 5.57. The van der Waals surface area contributed by atoms with Crippen LogP contribution in [0.25, 0.3) is 0 Å². The van der Waals surface area contributed by atoms with Crippen LogP contribution in [0.2, 0.25) is 0 Å². The molecule has 0 heterocycles. The van der Waals surface area contributed by atoms with E-state index in [4.69, 9.17) is 18.0 Å². The van der Waals surface area contributed by atoms with Crippen molar-refractivity contribution in [1.29, 1.82) is 0 Å². The highest BCUT2D eigenvalue weighted by molar-refractivity contribution is 7.98. The number of amides is 1. The van der Waals surface area contributed by atoms with Crippen LogP contribution in [-0.2, 0) is 4.79 Å². The molecule has 2 N–H and O–H groups in total. The van der Waals surface area contributed by atoms with Crippen LogP contribution in [0.4, 0.5) is 0 Å². The second-order valence-electron chi connectivity index (χ2n) is 5.18. The number of thioether (sulfide) groups is 1. The van der Waals surface area contributed by atoms with Crippen LogP contribution in [0.15, 0.2) is 0 Å². The van der Waals surface area contributed by atoms with Gasteiger partial charge < -0.3 is 10.6 Å². The Labute approximate surface area is 113 Å². The van der Waals surface area contributed by atoms with Crippen LogP contribution >= 0.6 is 24.0 Å². The van der Waals surface area contributed by atoms with E-state index in [1.54, 1.807) is 11.8 Å². The highest BCUT2D eigenvalue weighted by atomic mass is 32.2. The van der Waals surface area contributed by atoms with Crippen LogP contribution < -0.4 is 5.73 Å².